The molecule has 7 nitrogen and oxygen atoms in total. The number of carbonyl (C=O) groups excluding carboxylic acids is 2. The number of nitro benzene ring substituents is 1. The number of hydrogen-bond acceptors (Lipinski definition) is 6. The first-order chi connectivity index (χ1) is 11.9. The first kappa shape index (κ1) is 17.8. The van der Waals surface area contributed by atoms with Gasteiger partial charge in [0.25, 0.3) is 0 Å². The van der Waals surface area contributed by atoms with Crippen LogP contribution >= 0.6 is 0 Å². The highest BCUT2D eigenvalue weighted by atomic mass is 19.1. The van der Waals surface area contributed by atoms with Crippen LogP contribution in [-0.2, 0) is 9.53 Å². The maximum atomic E-state index is 13.2. The fraction of sp³-hybridized carbons (Fsp3) is 0.0588. The van der Waals surface area contributed by atoms with Crippen molar-refractivity contribution in [3.8, 4) is 5.75 Å². The number of benzene rings is 2. The summed E-state index contributed by atoms with van der Waals surface area (Å²) in [4.78, 5) is 33.1. The molecule has 0 N–H and O–H groups in total. The number of carbonyl (C=O) groups is 2. The molecule has 0 aliphatic heterocycles. The highest BCUT2D eigenvalue weighted by Gasteiger charge is 2.17. The highest BCUT2D eigenvalue weighted by molar-refractivity contribution is 5.91. The molecule has 0 atom stereocenters. The van der Waals surface area contributed by atoms with Crippen molar-refractivity contribution in [2.24, 2.45) is 0 Å². The van der Waals surface area contributed by atoms with E-state index < -0.39 is 34.1 Å². The second-order valence-corrected chi connectivity index (χ2v) is 4.74. The molecule has 8 heteroatoms. The van der Waals surface area contributed by atoms with Crippen molar-refractivity contribution >= 4 is 23.7 Å². The average Bonchev–Trinajstić information content (AvgIpc) is 2.59. The van der Waals surface area contributed by atoms with Gasteiger partial charge >= 0.3 is 17.6 Å². The SMILES string of the molecule is COC(=O)c1ccc(/C=C/C(=O)Oc2cc(F)ccc2[N+](=O)[O-])cc1. The molecule has 0 fully saturated rings. The van der Waals surface area contributed by atoms with Gasteiger partial charge in [-0.15, -0.1) is 0 Å². The zero-order valence-electron chi connectivity index (χ0n) is 13.0. The number of nitro groups is 1. The Hall–Kier alpha value is -3.55. The van der Waals surface area contributed by atoms with Crippen molar-refractivity contribution in [2.75, 3.05) is 7.11 Å². The molecule has 0 aliphatic rings. The average molecular weight is 345 g/mol. The quantitative estimate of drug-likeness (QED) is 0.272. The molecule has 128 valence electrons. The standard InChI is InChI=1S/C17H12FNO6/c1-24-17(21)12-5-2-11(3-6-12)4-9-16(20)25-15-10-13(18)7-8-14(15)19(22)23/h2-10H,1H3/b9-4+. The molecule has 0 saturated carbocycles. The van der Waals surface area contributed by atoms with E-state index in [2.05, 4.69) is 4.74 Å². The van der Waals surface area contributed by atoms with Gasteiger partial charge in [0.2, 0.25) is 5.75 Å². The lowest BCUT2D eigenvalue weighted by Crippen LogP contribution is -2.06. The Labute approximate surface area is 141 Å². The zero-order chi connectivity index (χ0) is 18.4. The summed E-state index contributed by atoms with van der Waals surface area (Å²) in [5.41, 5.74) is 0.404. The zero-order valence-corrected chi connectivity index (χ0v) is 13.0. The van der Waals surface area contributed by atoms with E-state index in [0.717, 1.165) is 24.3 Å². The third-order valence-electron chi connectivity index (χ3n) is 3.07. The van der Waals surface area contributed by atoms with Crippen LogP contribution in [0.3, 0.4) is 0 Å². The lowest BCUT2D eigenvalue weighted by atomic mass is 10.1. The van der Waals surface area contributed by atoms with Crippen molar-refractivity contribution in [1.82, 2.24) is 0 Å². The molecular formula is C17H12FNO6. The third-order valence-corrected chi connectivity index (χ3v) is 3.07. The Kier molecular flexibility index (Phi) is 5.57. The molecular weight excluding hydrogens is 333 g/mol. The second kappa shape index (κ2) is 7.82. The number of ether oxygens (including phenoxy) is 2. The van der Waals surface area contributed by atoms with Gasteiger partial charge in [-0.25, -0.2) is 14.0 Å². The minimum Gasteiger partial charge on any atom is -0.465 e. The largest absolute Gasteiger partial charge is 0.465 e. The lowest BCUT2D eigenvalue weighted by Gasteiger charge is -2.03. The van der Waals surface area contributed by atoms with Crippen LogP contribution in [0.5, 0.6) is 5.75 Å². The Morgan fingerprint density at radius 2 is 1.84 bits per heavy atom. The van der Waals surface area contributed by atoms with Gasteiger partial charge in [0.1, 0.15) is 5.82 Å². The summed E-state index contributed by atoms with van der Waals surface area (Å²) in [7, 11) is 1.26. The maximum Gasteiger partial charge on any atom is 0.337 e. The molecule has 0 aliphatic carbocycles. The van der Waals surface area contributed by atoms with E-state index in [9.17, 15) is 24.1 Å². The molecule has 2 aromatic carbocycles. The summed E-state index contributed by atoms with van der Waals surface area (Å²) in [6, 6.07) is 8.72. The Morgan fingerprint density at radius 3 is 2.44 bits per heavy atom. The van der Waals surface area contributed by atoms with Crippen molar-refractivity contribution in [3.63, 3.8) is 0 Å². The van der Waals surface area contributed by atoms with Crippen LogP contribution in [0.15, 0.2) is 48.5 Å². The van der Waals surface area contributed by atoms with Gasteiger partial charge in [-0.05, 0) is 29.8 Å². The van der Waals surface area contributed by atoms with Crippen LogP contribution in [0.2, 0.25) is 0 Å². The van der Waals surface area contributed by atoms with E-state index in [-0.39, 0.29) is 0 Å². The number of halogens is 1. The van der Waals surface area contributed by atoms with Gasteiger partial charge < -0.3 is 9.47 Å². The van der Waals surface area contributed by atoms with Crippen molar-refractivity contribution < 1.29 is 28.4 Å². The Balaban J connectivity index is 2.10. The smallest absolute Gasteiger partial charge is 0.337 e. The van der Waals surface area contributed by atoms with Gasteiger partial charge in [-0.3, -0.25) is 10.1 Å². The monoisotopic (exact) mass is 345 g/mol. The summed E-state index contributed by atoms with van der Waals surface area (Å²) in [6.07, 6.45) is 2.41. The molecule has 0 unspecified atom stereocenters. The minimum absolute atomic E-state index is 0.345. The van der Waals surface area contributed by atoms with Crippen LogP contribution in [0.4, 0.5) is 10.1 Å². The maximum absolute atomic E-state index is 13.2. The number of hydrogen-bond donors (Lipinski definition) is 0. The number of esters is 2. The predicted molar refractivity (Wildman–Crippen MR) is 85.5 cm³/mol. The van der Waals surface area contributed by atoms with E-state index in [1.54, 1.807) is 12.1 Å². The van der Waals surface area contributed by atoms with Crippen molar-refractivity contribution in [3.05, 3.63) is 75.6 Å². The summed E-state index contributed by atoms with van der Waals surface area (Å²) in [5, 5.41) is 10.8. The molecule has 2 aromatic rings. The molecule has 0 spiro atoms. The molecule has 0 saturated heterocycles. The van der Waals surface area contributed by atoms with Gasteiger partial charge in [-0.1, -0.05) is 12.1 Å². The fourth-order valence-electron chi connectivity index (χ4n) is 1.88. The first-order valence-electron chi connectivity index (χ1n) is 6.93. The van der Waals surface area contributed by atoms with Crippen LogP contribution in [0.1, 0.15) is 15.9 Å². The van der Waals surface area contributed by atoms with Gasteiger partial charge in [0, 0.05) is 18.2 Å². The highest BCUT2D eigenvalue weighted by Crippen LogP contribution is 2.27. The van der Waals surface area contributed by atoms with Gasteiger partial charge in [0.05, 0.1) is 17.6 Å². The number of rotatable bonds is 5. The summed E-state index contributed by atoms with van der Waals surface area (Å²) in [5.74, 6) is -2.66. The van der Waals surface area contributed by atoms with Crippen molar-refractivity contribution in [1.29, 1.82) is 0 Å². The molecule has 25 heavy (non-hydrogen) atoms. The van der Waals surface area contributed by atoms with E-state index in [1.165, 1.54) is 25.3 Å². The van der Waals surface area contributed by atoms with Crippen LogP contribution in [-0.4, -0.2) is 24.0 Å². The normalized spacial score (nSPS) is 10.5. The Morgan fingerprint density at radius 1 is 1.16 bits per heavy atom. The molecule has 0 radical (unpaired) electrons. The molecule has 2 rings (SSSR count). The third kappa shape index (κ3) is 4.71. The predicted octanol–water partition coefficient (Wildman–Crippen LogP) is 3.14. The minimum atomic E-state index is -0.911. The molecule has 0 heterocycles. The number of nitrogens with zero attached hydrogens (tertiary/aromatic N) is 1. The van der Waals surface area contributed by atoms with Crippen LogP contribution in [0, 0.1) is 15.9 Å². The van der Waals surface area contributed by atoms with Crippen molar-refractivity contribution in [2.45, 2.75) is 0 Å². The van der Waals surface area contributed by atoms with Gasteiger partial charge in [0.15, 0.2) is 0 Å². The first-order valence-corrected chi connectivity index (χ1v) is 6.93. The Bertz CT molecular complexity index is 845. The van der Waals surface area contributed by atoms with E-state index >= 15 is 0 Å². The summed E-state index contributed by atoms with van der Waals surface area (Å²) >= 11 is 0. The lowest BCUT2D eigenvalue weighted by molar-refractivity contribution is -0.385. The fourth-order valence-corrected chi connectivity index (χ4v) is 1.88. The van der Waals surface area contributed by atoms with Crippen LogP contribution in [0.25, 0.3) is 6.08 Å². The van der Waals surface area contributed by atoms with Gasteiger partial charge in [-0.2, -0.15) is 0 Å². The van der Waals surface area contributed by atoms with E-state index in [1.807, 2.05) is 0 Å². The van der Waals surface area contributed by atoms with Crippen LogP contribution < -0.4 is 4.74 Å². The summed E-state index contributed by atoms with van der Waals surface area (Å²) < 4.78 is 22.5. The molecule has 0 amide bonds. The summed E-state index contributed by atoms with van der Waals surface area (Å²) in [6.45, 7) is 0. The molecule has 0 aromatic heterocycles. The molecule has 0 bridgehead atoms. The van der Waals surface area contributed by atoms with E-state index in [0.29, 0.717) is 11.1 Å². The number of methoxy groups -OCH3 is 1. The van der Waals surface area contributed by atoms with E-state index in [4.69, 9.17) is 4.74 Å². The topological polar surface area (TPSA) is 95.7 Å². The second-order valence-electron chi connectivity index (χ2n) is 4.74.